The van der Waals surface area contributed by atoms with Crippen LogP contribution in [0.25, 0.3) is 16.4 Å². The van der Waals surface area contributed by atoms with Crippen molar-refractivity contribution in [3.05, 3.63) is 70.9 Å². The van der Waals surface area contributed by atoms with Gasteiger partial charge >= 0.3 is 6.18 Å². The van der Waals surface area contributed by atoms with E-state index in [2.05, 4.69) is 56.7 Å². The normalized spacial score (nSPS) is 16.9. The Balaban J connectivity index is 1.44. The molecule has 1 aromatic carbocycles. The van der Waals surface area contributed by atoms with Gasteiger partial charge < -0.3 is 16.1 Å². The Hall–Kier alpha value is -4.28. The van der Waals surface area contributed by atoms with E-state index >= 15 is 0 Å². The molecular formula is C27H26ClF3N10. The van der Waals surface area contributed by atoms with E-state index in [1.165, 1.54) is 17.0 Å². The fraction of sp³-hybridized carbons (Fsp3) is 0.333. The van der Waals surface area contributed by atoms with Gasteiger partial charge in [0.1, 0.15) is 6.07 Å². The quantitative estimate of drug-likeness (QED) is 0.220. The summed E-state index contributed by atoms with van der Waals surface area (Å²) in [5.74, 6) is 0.317. The molecule has 1 aliphatic carbocycles. The molecule has 0 spiro atoms. The minimum Gasteiger partial charge on any atom is -0.383 e. The first-order valence-corrected chi connectivity index (χ1v) is 13.4. The second-order valence-electron chi connectivity index (χ2n) is 10.6. The second-order valence-corrected chi connectivity index (χ2v) is 11.0. The maximum atomic E-state index is 13.9. The van der Waals surface area contributed by atoms with Crippen LogP contribution in [0.15, 0.2) is 54.8 Å². The van der Waals surface area contributed by atoms with E-state index in [1.54, 1.807) is 24.5 Å². The minimum atomic E-state index is -4.40. The molecule has 0 amide bonds. The van der Waals surface area contributed by atoms with Gasteiger partial charge in [0.2, 0.25) is 0 Å². The van der Waals surface area contributed by atoms with E-state index in [-0.39, 0.29) is 12.8 Å². The van der Waals surface area contributed by atoms with Gasteiger partial charge in [-0.05, 0) is 43.0 Å². The van der Waals surface area contributed by atoms with Crippen molar-refractivity contribution in [1.82, 2.24) is 35.8 Å². The molecule has 4 N–H and O–H groups in total. The van der Waals surface area contributed by atoms with Crippen LogP contribution >= 0.6 is 11.6 Å². The molecule has 1 saturated carbocycles. The summed E-state index contributed by atoms with van der Waals surface area (Å²) in [7, 11) is 0. The van der Waals surface area contributed by atoms with E-state index in [1.807, 2.05) is 12.1 Å². The van der Waals surface area contributed by atoms with Crippen molar-refractivity contribution in [2.24, 2.45) is 5.92 Å². The van der Waals surface area contributed by atoms with Crippen molar-refractivity contribution in [3.8, 4) is 6.07 Å². The number of hydrazine groups is 2. The summed E-state index contributed by atoms with van der Waals surface area (Å²) < 4.78 is 43.1. The number of rotatable bonds is 8. The highest BCUT2D eigenvalue weighted by Gasteiger charge is 2.67. The second kappa shape index (κ2) is 9.97. The summed E-state index contributed by atoms with van der Waals surface area (Å²) in [5.41, 5.74) is 7.52. The van der Waals surface area contributed by atoms with Crippen LogP contribution in [0.5, 0.6) is 0 Å². The van der Waals surface area contributed by atoms with Crippen molar-refractivity contribution >= 4 is 39.4 Å². The van der Waals surface area contributed by atoms with E-state index in [4.69, 9.17) is 11.6 Å². The van der Waals surface area contributed by atoms with Crippen molar-refractivity contribution in [2.45, 2.75) is 44.4 Å². The summed E-state index contributed by atoms with van der Waals surface area (Å²) in [6, 6.07) is 8.62. The summed E-state index contributed by atoms with van der Waals surface area (Å²) in [4.78, 5) is 4.40. The van der Waals surface area contributed by atoms with E-state index in [0.29, 0.717) is 62.1 Å². The zero-order valence-electron chi connectivity index (χ0n) is 22.1. The third kappa shape index (κ3) is 4.72. The van der Waals surface area contributed by atoms with Gasteiger partial charge in [-0.3, -0.25) is 9.99 Å². The average Bonchev–Trinajstić information content (AvgIpc) is 3.43. The Morgan fingerprint density at radius 3 is 2.73 bits per heavy atom. The standard InChI is InChI=1S/C27H26ClF3N10/c1-15(2)11-33-23-16(10-32)12-34-24-18(23)8-17(9-20(24)28)37-25(19-13-36-41-22(19)4-3-7-35-41)21-14-40(39-38-21)26(5-6-26)27(29,30)31/h3-4,7-9,12-15,25,37-39H,5-6,11H2,1-2H3,(H,33,34)/t25-/m0/s1. The number of alkyl halides is 3. The summed E-state index contributed by atoms with van der Waals surface area (Å²) in [6.07, 6.45) is 1.73. The van der Waals surface area contributed by atoms with Crippen LogP contribution in [-0.2, 0) is 0 Å². The highest BCUT2D eigenvalue weighted by atomic mass is 35.5. The molecule has 0 radical (unpaired) electrons. The topological polar surface area (TPSA) is 118 Å². The van der Waals surface area contributed by atoms with Crippen molar-refractivity contribution < 1.29 is 13.2 Å². The van der Waals surface area contributed by atoms with Crippen LogP contribution in [0.1, 0.15) is 43.9 Å². The fourth-order valence-electron chi connectivity index (χ4n) is 4.97. The molecule has 1 fully saturated rings. The smallest absolute Gasteiger partial charge is 0.383 e. The number of anilines is 2. The first-order chi connectivity index (χ1) is 19.6. The van der Waals surface area contributed by atoms with Gasteiger partial charge in [0, 0.05) is 41.8 Å². The van der Waals surface area contributed by atoms with Crippen LogP contribution in [-0.4, -0.2) is 43.1 Å². The Kier molecular flexibility index (Phi) is 6.55. The molecular weight excluding hydrogens is 557 g/mol. The number of halogens is 4. The van der Waals surface area contributed by atoms with E-state index in [0.717, 1.165) is 5.01 Å². The van der Waals surface area contributed by atoms with Crippen LogP contribution in [0.4, 0.5) is 24.5 Å². The van der Waals surface area contributed by atoms with Crippen LogP contribution < -0.4 is 21.6 Å². The molecule has 3 aromatic heterocycles. The van der Waals surface area contributed by atoms with Crippen molar-refractivity contribution in [2.75, 3.05) is 17.2 Å². The molecule has 6 rings (SSSR count). The molecule has 0 saturated heterocycles. The third-order valence-corrected chi connectivity index (χ3v) is 7.59. The number of fused-ring (bicyclic) bond motifs is 2. The Bertz CT molecular complexity index is 1700. The van der Waals surface area contributed by atoms with E-state index in [9.17, 15) is 18.4 Å². The van der Waals surface area contributed by atoms with Gasteiger partial charge in [0.25, 0.3) is 0 Å². The van der Waals surface area contributed by atoms with Gasteiger partial charge in [-0.15, -0.1) is 5.53 Å². The largest absolute Gasteiger partial charge is 0.413 e. The molecule has 41 heavy (non-hydrogen) atoms. The molecule has 4 heterocycles. The van der Waals surface area contributed by atoms with Gasteiger partial charge in [-0.1, -0.05) is 25.4 Å². The average molecular weight is 583 g/mol. The summed E-state index contributed by atoms with van der Waals surface area (Å²) in [5, 5.41) is 27.2. The zero-order chi connectivity index (χ0) is 28.9. The molecule has 212 valence electrons. The maximum Gasteiger partial charge on any atom is 0.413 e. The van der Waals surface area contributed by atoms with Gasteiger partial charge in [-0.2, -0.15) is 33.3 Å². The number of nitriles is 1. The predicted octanol–water partition coefficient (Wildman–Crippen LogP) is 5.28. The number of hydrogen-bond donors (Lipinski definition) is 4. The first-order valence-electron chi connectivity index (χ1n) is 13.0. The minimum absolute atomic E-state index is 0.00560. The molecule has 14 heteroatoms. The van der Waals surface area contributed by atoms with Gasteiger partial charge in [0.15, 0.2) is 5.54 Å². The number of benzene rings is 1. The molecule has 0 bridgehead atoms. The Labute approximate surface area is 238 Å². The lowest BCUT2D eigenvalue weighted by atomic mass is 10.0. The zero-order valence-corrected chi connectivity index (χ0v) is 22.8. The van der Waals surface area contributed by atoms with Crippen LogP contribution in [0.2, 0.25) is 5.02 Å². The predicted molar refractivity (Wildman–Crippen MR) is 148 cm³/mol. The first kappa shape index (κ1) is 26.9. The molecule has 1 atom stereocenters. The molecule has 10 nitrogen and oxygen atoms in total. The SMILES string of the molecule is CC(C)CNc1c(C#N)cnc2c(Cl)cc(N[C@H](C3=CN(C4(C(F)(F)F)CC4)NN3)c3cnn4ncccc34)cc12. The van der Waals surface area contributed by atoms with Crippen LogP contribution in [0.3, 0.4) is 0 Å². The number of hydrogen-bond acceptors (Lipinski definition) is 9. The monoisotopic (exact) mass is 582 g/mol. The van der Waals surface area contributed by atoms with Crippen LogP contribution in [0, 0.1) is 17.2 Å². The highest BCUT2D eigenvalue weighted by Crippen LogP contribution is 2.53. The summed E-state index contributed by atoms with van der Waals surface area (Å²) >= 11 is 6.68. The van der Waals surface area contributed by atoms with Crippen molar-refractivity contribution in [1.29, 1.82) is 5.26 Å². The molecule has 2 aliphatic rings. The summed E-state index contributed by atoms with van der Waals surface area (Å²) in [6.45, 7) is 4.74. The number of nitrogens with zero attached hydrogens (tertiary/aromatic N) is 6. The fourth-order valence-corrected chi connectivity index (χ4v) is 5.24. The lowest BCUT2D eigenvalue weighted by Crippen LogP contribution is -2.52. The van der Waals surface area contributed by atoms with E-state index < -0.39 is 17.8 Å². The number of nitrogens with one attached hydrogen (secondary N) is 4. The highest BCUT2D eigenvalue weighted by molar-refractivity contribution is 6.35. The lowest BCUT2D eigenvalue weighted by Gasteiger charge is -2.28. The lowest BCUT2D eigenvalue weighted by molar-refractivity contribution is -0.195. The van der Waals surface area contributed by atoms with Gasteiger partial charge in [-0.25, -0.2) is 0 Å². The molecule has 1 aliphatic heterocycles. The number of aromatic nitrogens is 4. The molecule has 0 unspecified atom stereocenters. The number of pyridine rings is 1. The Morgan fingerprint density at radius 2 is 2.02 bits per heavy atom. The Morgan fingerprint density at radius 1 is 1.22 bits per heavy atom. The van der Waals surface area contributed by atoms with Gasteiger partial charge in [0.05, 0.1) is 45.2 Å². The third-order valence-electron chi connectivity index (χ3n) is 7.30. The molecule has 4 aromatic rings. The maximum absolute atomic E-state index is 13.9. The van der Waals surface area contributed by atoms with Crippen molar-refractivity contribution in [3.63, 3.8) is 0 Å².